The van der Waals surface area contributed by atoms with E-state index in [-0.39, 0.29) is 24.2 Å². The van der Waals surface area contributed by atoms with Gasteiger partial charge in [0.1, 0.15) is 5.75 Å². The molecule has 0 radical (unpaired) electrons. The molecule has 5 heteroatoms. The summed E-state index contributed by atoms with van der Waals surface area (Å²) in [5.41, 5.74) is 1.79. The standard InChI is InChI=1S/C21H24N2O3/c1-2-12-26-19-10-8-18(9-11-19)22-21(25)17-13-20(24)23(15-17)14-16-6-4-3-5-7-16/h3-11,17H,2,12-15H2,1H3,(H,22,25)/t17-/m1/s1. The quantitative estimate of drug-likeness (QED) is 0.830. The molecular weight excluding hydrogens is 328 g/mol. The molecule has 5 nitrogen and oxygen atoms in total. The lowest BCUT2D eigenvalue weighted by Crippen LogP contribution is -2.28. The summed E-state index contributed by atoms with van der Waals surface area (Å²) in [5, 5.41) is 2.90. The zero-order valence-electron chi connectivity index (χ0n) is 15.0. The minimum atomic E-state index is -0.317. The van der Waals surface area contributed by atoms with Crippen molar-refractivity contribution in [1.29, 1.82) is 0 Å². The first-order chi connectivity index (χ1) is 12.7. The van der Waals surface area contributed by atoms with Crippen LogP contribution in [-0.4, -0.2) is 29.9 Å². The van der Waals surface area contributed by atoms with Gasteiger partial charge in [-0.1, -0.05) is 37.3 Å². The van der Waals surface area contributed by atoms with Crippen molar-refractivity contribution in [2.45, 2.75) is 26.3 Å². The third kappa shape index (κ3) is 4.63. The second-order valence-electron chi connectivity index (χ2n) is 6.52. The van der Waals surface area contributed by atoms with Crippen molar-refractivity contribution in [3.8, 4) is 5.75 Å². The van der Waals surface area contributed by atoms with Crippen molar-refractivity contribution >= 4 is 17.5 Å². The number of amides is 2. The molecule has 1 N–H and O–H groups in total. The van der Waals surface area contributed by atoms with Crippen LogP contribution in [0, 0.1) is 5.92 Å². The molecule has 1 aliphatic heterocycles. The number of anilines is 1. The van der Waals surface area contributed by atoms with Gasteiger partial charge < -0.3 is 15.0 Å². The second kappa shape index (κ2) is 8.52. The smallest absolute Gasteiger partial charge is 0.229 e. The van der Waals surface area contributed by atoms with Gasteiger partial charge >= 0.3 is 0 Å². The molecule has 1 fully saturated rings. The van der Waals surface area contributed by atoms with Crippen LogP contribution in [0.3, 0.4) is 0 Å². The minimum Gasteiger partial charge on any atom is -0.494 e. The van der Waals surface area contributed by atoms with Gasteiger partial charge in [0, 0.05) is 25.2 Å². The molecule has 0 saturated carbocycles. The average Bonchev–Trinajstić information content (AvgIpc) is 3.03. The van der Waals surface area contributed by atoms with E-state index in [0.29, 0.717) is 25.4 Å². The maximum Gasteiger partial charge on any atom is 0.229 e. The van der Waals surface area contributed by atoms with Crippen LogP contribution in [0.15, 0.2) is 54.6 Å². The zero-order chi connectivity index (χ0) is 18.4. The summed E-state index contributed by atoms with van der Waals surface area (Å²) in [7, 11) is 0. The molecule has 3 rings (SSSR count). The van der Waals surface area contributed by atoms with E-state index in [1.165, 1.54) is 0 Å². The zero-order valence-corrected chi connectivity index (χ0v) is 15.0. The molecule has 136 valence electrons. The van der Waals surface area contributed by atoms with Gasteiger partial charge in [0.15, 0.2) is 0 Å². The molecule has 2 aromatic rings. The summed E-state index contributed by atoms with van der Waals surface area (Å²) >= 11 is 0. The number of hydrogen-bond donors (Lipinski definition) is 1. The summed E-state index contributed by atoms with van der Waals surface area (Å²) in [5.74, 6) is 0.380. The van der Waals surface area contributed by atoms with Crippen LogP contribution in [0.4, 0.5) is 5.69 Å². The van der Waals surface area contributed by atoms with E-state index in [9.17, 15) is 9.59 Å². The van der Waals surface area contributed by atoms with Crippen LogP contribution >= 0.6 is 0 Å². The van der Waals surface area contributed by atoms with Crippen molar-refractivity contribution in [3.63, 3.8) is 0 Å². The van der Waals surface area contributed by atoms with Gasteiger partial charge in [-0.25, -0.2) is 0 Å². The fourth-order valence-electron chi connectivity index (χ4n) is 3.00. The van der Waals surface area contributed by atoms with Gasteiger partial charge in [-0.15, -0.1) is 0 Å². The van der Waals surface area contributed by atoms with Gasteiger partial charge in [0.05, 0.1) is 12.5 Å². The third-order valence-corrected chi connectivity index (χ3v) is 4.40. The van der Waals surface area contributed by atoms with Gasteiger partial charge in [-0.2, -0.15) is 0 Å². The predicted octanol–water partition coefficient (Wildman–Crippen LogP) is 3.46. The summed E-state index contributed by atoms with van der Waals surface area (Å²) in [6, 6.07) is 17.2. The number of carbonyl (C=O) groups excluding carboxylic acids is 2. The molecular formula is C21H24N2O3. The lowest BCUT2D eigenvalue weighted by atomic mass is 10.1. The molecule has 0 aliphatic carbocycles. The van der Waals surface area contributed by atoms with E-state index in [2.05, 4.69) is 12.2 Å². The van der Waals surface area contributed by atoms with Crippen LogP contribution < -0.4 is 10.1 Å². The first-order valence-corrected chi connectivity index (χ1v) is 9.01. The molecule has 0 spiro atoms. The van der Waals surface area contributed by atoms with Crippen LogP contribution in [0.2, 0.25) is 0 Å². The Hall–Kier alpha value is -2.82. The molecule has 1 atom stereocenters. The van der Waals surface area contributed by atoms with Crippen molar-refractivity contribution in [2.75, 3.05) is 18.5 Å². The largest absolute Gasteiger partial charge is 0.494 e. The predicted molar refractivity (Wildman–Crippen MR) is 101 cm³/mol. The summed E-state index contributed by atoms with van der Waals surface area (Å²) < 4.78 is 5.54. The highest BCUT2D eigenvalue weighted by atomic mass is 16.5. The highest BCUT2D eigenvalue weighted by Gasteiger charge is 2.34. The van der Waals surface area contributed by atoms with Crippen LogP contribution in [0.5, 0.6) is 5.75 Å². The van der Waals surface area contributed by atoms with Gasteiger partial charge in [0.25, 0.3) is 0 Å². The third-order valence-electron chi connectivity index (χ3n) is 4.40. The first kappa shape index (κ1) is 18.0. The molecule has 0 unspecified atom stereocenters. The number of likely N-dealkylation sites (tertiary alicyclic amines) is 1. The van der Waals surface area contributed by atoms with Crippen LogP contribution in [0.1, 0.15) is 25.3 Å². The van der Waals surface area contributed by atoms with Crippen LogP contribution in [0.25, 0.3) is 0 Å². The Balaban J connectivity index is 1.54. The Bertz CT molecular complexity index is 744. The molecule has 1 aliphatic rings. The average molecular weight is 352 g/mol. The highest BCUT2D eigenvalue weighted by molar-refractivity contribution is 5.97. The number of nitrogens with zero attached hydrogens (tertiary/aromatic N) is 1. The fraction of sp³-hybridized carbons (Fsp3) is 0.333. The van der Waals surface area contributed by atoms with Gasteiger partial charge in [-0.3, -0.25) is 9.59 Å². The van der Waals surface area contributed by atoms with E-state index in [0.717, 1.165) is 17.7 Å². The van der Waals surface area contributed by atoms with Crippen LogP contribution in [-0.2, 0) is 16.1 Å². The van der Waals surface area contributed by atoms with Gasteiger partial charge in [0.2, 0.25) is 11.8 Å². The van der Waals surface area contributed by atoms with E-state index < -0.39 is 0 Å². The molecule has 0 bridgehead atoms. The van der Waals surface area contributed by atoms with E-state index in [1.54, 1.807) is 4.90 Å². The van der Waals surface area contributed by atoms with Gasteiger partial charge in [-0.05, 0) is 36.2 Å². The lowest BCUT2D eigenvalue weighted by molar-refractivity contribution is -0.128. The molecule has 1 heterocycles. The Labute approximate surface area is 154 Å². The number of ether oxygens (including phenoxy) is 1. The number of hydrogen-bond acceptors (Lipinski definition) is 3. The van der Waals surface area contributed by atoms with E-state index in [4.69, 9.17) is 4.74 Å². The molecule has 26 heavy (non-hydrogen) atoms. The highest BCUT2D eigenvalue weighted by Crippen LogP contribution is 2.23. The molecule has 0 aromatic heterocycles. The Morgan fingerprint density at radius 2 is 1.88 bits per heavy atom. The Kier molecular flexibility index (Phi) is 5.89. The monoisotopic (exact) mass is 352 g/mol. The lowest BCUT2D eigenvalue weighted by Gasteiger charge is -2.16. The molecule has 2 aromatic carbocycles. The Morgan fingerprint density at radius 3 is 2.58 bits per heavy atom. The van der Waals surface area contributed by atoms with Crippen molar-refractivity contribution in [2.24, 2.45) is 5.92 Å². The van der Waals surface area contributed by atoms with Crippen molar-refractivity contribution in [3.05, 3.63) is 60.2 Å². The number of rotatable bonds is 7. The second-order valence-corrected chi connectivity index (χ2v) is 6.52. The first-order valence-electron chi connectivity index (χ1n) is 9.01. The van der Waals surface area contributed by atoms with E-state index >= 15 is 0 Å². The minimum absolute atomic E-state index is 0.0253. The maximum absolute atomic E-state index is 12.5. The summed E-state index contributed by atoms with van der Waals surface area (Å²) in [6.45, 7) is 3.73. The van der Waals surface area contributed by atoms with E-state index in [1.807, 2.05) is 54.6 Å². The molecule has 2 amide bonds. The fourth-order valence-corrected chi connectivity index (χ4v) is 3.00. The summed E-state index contributed by atoms with van der Waals surface area (Å²) in [6.07, 6.45) is 1.21. The maximum atomic E-state index is 12.5. The summed E-state index contributed by atoms with van der Waals surface area (Å²) in [4.78, 5) is 26.5. The number of nitrogens with one attached hydrogen (secondary N) is 1. The van der Waals surface area contributed by atoms with Crippen molar-refractivity contribution < 1.29 is 14.3 Å². The topological polar surface area (TPSA) is 58.6 Å². The van der Waals surface area contributed by atoms with Crippen molar-refractivity contribution in [1.82, 2.24) is 4.90 Å². The molecule has 1 saturated heterocycles. The Morgan fingerprint density at radius 1 is 1.15 bits per heavy atom. The number of benzene rings is 2. The SMILES string of the molecule is CCCOc1ccc(NC(=O)[C@@H]2CC(=O)N(Cc3ccccc3)C2)cc1. The number of carbonyl (C=O) groups is 2. The normalized spacial score (nSPS) is 16.6.